The van der Waals surface area contributed by atoms with Crippen LogP contribution in [0.2, 0.25) is 0 Å². The normalized spacial score (nSPS) is 12.4. The minimum atomic E-state index is 0.378. The Kier molecular flexibility index (Phi) is 3.64. The van der Waals surface area contributed by atoms with E-state index in [0.29, 0.717) is 6.04 Å². The number of hydrogen-bond acceptors (Lipinski definition) is 2. The molecule has 0 aliphatic heterocycles. The summed E-state index contributed by atoms with van der Waals surface area (Å²) in [6.45, 7) is 2.19. The van der Waals surface area contributed by atoms with E-state index >= 15 is 0 Å². The zero-order chi connectivity index (χ0) is 10.7. The van der Waals surface area contributed by atoms with E-state index in [4.69, 9.17) is 0 Å². The lowest BCUT2D eigenvalue weighted by Gasteiger charge is -2.13. The molecule has 1 aromatic carbocycles. The molecule has 0 saturated heterocycles. The molecule has 15 heavy (non-hydrogen) atoms. The Morgan fingerprint density at radius 2 is 2.13 bits per heavy atom. The van der Waals surface area contributed by atoms with Crippen LogP contribution in [-0.4, -0.2) is 0 Å². The fourth-order valence-electron chi connectivity index (χ4n) is 1.44. The largest absolute Gasteiger partial charge is 0.378 e. The van der Waals surface area contributed by atoms with E-state index in [-0.39, 0.29) is 0 Å². The fraction of sp³-hybridized carbons (Fsp3) is 0.167. The highest BCUT2D eigenvalue weighted by Crippen LogP contribution is 2.23. The molecule has 0 aliphatic carbocycles. The van der Waals surface area contributed by atoms with E-state index in [1.165, 1.54) is 14.1 Å². The van der Waals surface area contributed by atoms with Gasteiger partial charge in [-0.1, -0.05) is 12.1 Å². The molecule has 1 nitrogen and oxygen atoms in total. The van der Waals surface area contributed by atoms with Gasteiger partial charge in [-0.15, -0.1) is 11.3 Å². The topological polar surface area (TPSA) is 12.0 Å². The molecule has 1 aromatic heterocycles. The van der Waals surface area contributed by atoms with E-state index in [1.807, 2.05) is 0 Å². The molecule has 0 amide bonds. The second-order valence-electron chi connectivity index (χ2n) is 3.39. The van der Waals surface area contributed by atoms with Crippen molar-refractivity contribution in [2.24, 2.45) is 0 Å². The Morgan fingerprint density at radius 1 is 1.27 bits per heavy atom. The van der Waals surface area contributed by atoms with Gasteiger partial charge in [0.1, 0.15) is 0 Å². The van der Waals surface area contributed by atoms with Crippen LogP contribution in [0.4, 0.5) is 5.69 Å². The highest BCUT2D eigenvalue weighted by molar-refractivity contribution is 14.1. The number of halogens is 1. The molecule has 0 saturated carbocycles. The first-order valence-corrected chi connectivity index (χ1v) is 6.77. The lowest BCUT2D eigenvalue weighted by molar-refractivity contribution is 0.908. The van der Waals surface area contributed by atoms with E-state index in [1.54, 1.807) is 11.3 Å². The van der Waals surface area contributed by atoms with Gasteiger partial charge in [0.2, 0.25) is 0 Å². The Bertz CT molecular complexity index is 425. The van der Waals surface area contributed by atoms with Gasteiger partial charge in [0.15, 0.2) is 0 Å². The van der Waals surface area contributed by atoms with Gasteiger partial charge in [-0.3, -0.25) is 0 Å². The maximum absolute atomic E-state index is 3.49. The molecule has 2 aromatic rings. The van der Waals surface area contributed by atoms with Gasteiger partial charge in [-0.25, -0.2) is 0 Å². The first-order valence-electron chi connectivity index (χ1n) is 4.81. The molecule has 0 radical (unpaired) electrons. The second-order valence-corrected chi connectivity index (χ2v) is 5.62. The SMILES string of the molecule is C[C@@H](Nc1cccc(I)c1)c1cccs1. The number of benzene rings is 1. The monoisotopic (exact) mass is 329 g/mol. The van der Waals surface area contributed by atoms with Crippen molar-refractivity contribution in [3.63, 3.8) is 0 Å². The van der Waals surface area contributed by atoms with Gasteiger partial charge in [0, 0.05) is 14.1 Å². The average molecular weight is 329 g/mol. The standard InChI is InChI=1S/C12H12INS/c1-9(12-6-3-7-15-12)14-11-5-2-4-10(13)8-11/h2-9,14H,1H3/t9-/m1/s1. The third-order valence-electron chi connectivity index (χ3n) is 2.18. The smallest absolute Gasteiger partial charge is 0.0578 e. The summed E-state index contributed by atoms with van der Waals surface area (Å²) in [4.78, 5) is 1.37. The van der Waals surface area contributed by atoms with Crippen LogP contribution in [0.1, 0.15) is 17.8 Å². The lowest BCUT2D eigenvalue weighted by atomic mass is 10.2. The van der Waals surface area contributed by atoms with E-state index in [9.17, 15) is 0 Å². The minimum Gasteiger partial charge on any atom is -0.378 e. The summed E-state index contributed by atoms with van der Waals surface area (Å²) < 4.78 is 1.26. The Balaban J connectivity index is 2.09. The molecule has 78 valence electrons. The average Bonchev–Trinajstić information content (AvgIpc) is 2.70. The van der Waals surface area contributed by atoms with E-state index < -0.39 is 0 Å². The van der Waals surface area contributed by atoms with Crippen LogP contribution in [0.5, 0.6) is 0 Å². The number of hydrogen-bond donors (Lipinski definition) is 1. The van der Waals surface area contributed by atoms with Crippen molar-refractivity contribution in [3.8, 4) is 0 Å². The predicted octanol–water partition coefficient (Wildman–Crippen LogP) is 4.53. The molecule has 1 N–H and O–H groups in total. The Hall–Kier alpha value is -0.550. The summed E-state index contributed by atoms with van der Waals surface area (Å²) in [5, 5.41) is 5.60. The van der Waals surface area contributed by atoms with Crippen molar-refractivity contribution in [1.82, 2.24) is 0 Å². The first kappa shape index (κ1) is 11.0. The molecular weight excluding hydrogens is 317 g/mol. The van der Waals surface area contributed by atoms with Crippen LogP contribution < -0.4 is 5.32 Å². The molecule has 1 heterocycles. The molecule has 0 spiro atoms. The van der Waals surface area contributed by atoms with Gasteiger partial charge in [-0.2, -0.15) is 0 Å². The maximum Gasteiger partial charge on any atom is 0.0578 e. The number of anilines is 1. The molecule has 0 bridgehead atoms. The summed E-state index contributed by atoms with van der Waals surface area (Å²) in [6, 6.07) is 13.1. The molecule has 0 fully saturated rings. The highest BCUT2D eigenvalue weighted by Gasteiger charge is 2.05. The third-order valence-corrected chi connectivity index (χ3v) is 3.90. The minimum absolute atomic E-state index is 0.378. The fourth-order valence-corrected chi connectivity index (χ4v) is 2.71. The number of nitrogens with one attached hydrogen (secondary N) is 1. The van der Waals surface area contributed by atoms with Gasteiger partial charge in [-0.05, 0) is 59.2 Å². The zero-order valence-electron chi connectivity index (χ0n) is 8.41. The molecule has 2 rings (SSSR count). The van der Waals surface area contributed by atoms with Crippen LogP contribution in [0.15, 0.2) is 41.8 Å². The quantitative estimate of drug-likeness (QED) is 0.816. The lowest BCUT2D eigenvalue weighted by Crippen LogP contribution is -2.04. The summed E-state index contributed by atoms with van der Waals surface area (Å²) in [7, 11) is 0. The van der Waals surface area contributed by atoms with Gasteiger partial charge < -0.3 is 5.32 Å². The Labute approximate surface area is 108 Å². The van der Waals surface area contributed by atoms with Crippen LogP contribution in [0.25, 0.3) is 0 Å². The zero-order valence-corrected chi connectivity index (χ0v) is 11.4. The number of thiophene rings is 1. The van der Waals surface area contributed by atoms with E-state index in [2.05, 4.69) is 76.6 Å². The van der Waals surface area contributed by atoms with Crippen molar-refractivity contribution in [2.75, 3.05) is 5.32 Å². The van der Waals surface area contributed by atoms with Crippen LogP contribution >= 0.6 is 33.9 Å². The molecule has 3 heteroatoms. The third kappa shape index (κ3) is 2.95. The van der Waals surface area contributed by atoms with Gasteiger partial charge in [0.25, 0.3) is 0 Å². The summed E-state index contributed by atoms with van der Waals surface area (Å²) in [6.07, 6.45) is 0. The van der Waals surface area contributed by atoms with Crippen molar-refractivity contribution >= 4 is 39.6 Å². The summed E-state index contributed by atoms with van der Waals surface area (Å²) in [5.74, 6) is 0. The molecule has 0 aliphatic rings. The van der Waals surface area contributed by atoms with Crippen LogP contribution in [-0.2, 0) is 0 Å². The van der Waals surface area contributed by atoms with Crippen LogP contribution in [0, 0.1) is 3.57 Å². The molecule has 1 atom stereocenters. The van der Waals surface area contributed by atoms with E-state index in [0.717, 1.165) is 0 Å². The summed E-state index contributed by atoms with van der Waals surface area (Å²) in [5.41, 5.74) is 1.18. The number of rotatable bonds is 3. The van der Waals surface area contributed by atoms with Gasteiger partial charge in [0.05, 0.1) is 6.04 Å². The van der Waals surface area contributed by atoms with Crippen molar-refractivity contribution < 1.29 is 0 Å². The van der Waals surface area contributed by atoms with Crippen molar-refractivity contribution in [3.05, 3.63) is 50.2 Å². The molecular formula is C12H12INS. The van der Waals surface area contributed by atoms with Crippen LogP contribution in [0.3, 0.4) is 0 Å². The summed E-state index contributed by atoms with van der Waals surface area (Å²) >= 11 is 4.12. The maximum atomic E-state index is 3.49. The van der Waals surface area contributed by atoms with Crippen molar-refractivity contribution in [1.29, 1.82) is 0 Å². The van der Waals surface area contributed by atoms with Crippen molar-refractivity contribution in [2.45, 2.75) is 13.0 Å². The predicted molar refractivity (Wildman–Crippen MR) is 75.5 cm³/mol. The second kappa shape index (κ2) is 4.99. The Morgan fingerprint density at radius 3 is 2.80 bits per heavy atom. The van der Waals surface area contributed by atoms with Gasteiger partial charge >= 0.3 is 0 Å². The highest BCUT2D eigenvalue weighted by atomic mass is 127. The first-order chi connectivity index (χ1) is 7.25. The molecule has 0 unspecified atom stereocenters.